The Balaban J connectivity index is 0.000000440. The molecule has 0 unspecified atom stereocenters. The summed E-state index contributed by atoms with van der Waals surface area (Å²) in [5, 5.41) is 22.0. The molecule has 1 aliphatic heterocycles. The highest BCUT2D eigenvalue weighted by Crippen LogP contribution is 2.35. The minimum Gasteiger partial charge on any atom is -0.475 e. The number of piperidine rings is 1. The fourth-order valence-corrected chi connectivity index (χ4v) is 7.14. The number of aromatic nitrogens is 1. The number of hydrogen-bond acceptors (Lipinski definition) is 8. The third-order valence-electron chi connectivity index (χ3n) is 7.31. The summed E-state index contributed by atoms with van der Waals surface area (Å²) in [5.74, 6) is -4.38. The number of benzene rings is 1. The van der Waals surface area contributed by atoms with Gasteiger partial charge in [0.25, 0.3) is 0 Å². The van der Waals surface area contributed by atoms with Crippen LogP contribution < -0.4 is 15.4 Å². The van der Waals surface area contributed by atoms with Gasteiger partial charge in [0.1, 0.15) is 0 Å². The first kappa shape index (κ1) is 39.2. The van der Waals surface area contributed by atoms with Crippen LogP contribution in [0.1, 0.15) is 56.2 Å². The second-order valence-corrected chi connectivity index (χ2v) is 13.7. The van der Waals surface area contributed by atoms with Crippen molar-refractivity contribution in [1.82, 2.24) is 15.0 Å². The Morgan fingerprint density at radius 3 is 1.96 bits per heavy atom. The number of aliphatic carboxylic acids is 2. The molecule has 0 spiro atoms. The SMILES string of the molecule is Cc1ccc(-c2sc(NCC3CCCCC3)nc2C)cc1S(=O)(=O)NCC1CCNCC1.O=C(O)C(F)(F)F.O=C(O)C(F)(F)F. The summed E-state index contributed by atoms with van der Waals surface area (Å²) in [5.41, 5.74) is 2.62. The number of carboxylic acid groups (broad SMARTS) is 2. The standard InChI is InChI=1S/C24H36N4O2S2.2C2HF3O2/c1-17-8-9-21(14-22(17)32(29,30)27-16-20-10-12-25-13-11-20)23-18(2)28-24(31-23)26-15-19-6-4-3-5-7-19;2*3-2(4,5)1(6)7/h8-9,14,19-20,25,27H,3-7,10-13,15-16H2,1-2H3,(H,26,28);2*(H,6,7). The Morgan fingerprint density at radius 1 is 0.913 bits per heavy atom. The van der Waals surface area contributed by atoms with Crippen LogP contribution >= 0.6 is 11.3 Å². The van der Waals surface area contributed by atoms with Gasteiger partial charge in [0, 0.05) is 13.1 Å². The molecule has 1 saturated heterocycles. The van der Waals surface area contributed by atoms with Crippen molar-refractivity contribution in [2.45, 2.75) is 76.0 Å². The van der Waals surface area contributed by atoms with Crippen LogP contribution in [-0.4, -0.2) is 74.1 Å². The molecule has 0 atom stereocenters. The number of thiazole rings is 1. The van der Waals surface area contributed by atoms with Crippen LogP contribution in [0.2, 0.25) is 0 Å². The summed E-state index contributed by atoms with van der Waals surface area (Å²) in [6.45, 7) is 7.26. The molecule has 0 bridgehead atoms. The maximum atomic E-state index is 13.1. The quantitative estimate of drug-likeness (QED) is 0.209. The Labute approximate surface area is 267 Å². The van der Waals surface area contributed by atoms with E-state index in [2.05, 4.69) is 15.4 Å². The lowest BCUT2D eigenvalue weighted by Crippen LogP contribution is -2.36. The summed E-state index contributed by atoms with van der Waals surface area (Å²) in [6, 6.07) is 5.72. The predicted octanol–water partition coefficient (Wildman–Crippen LogP) is 5.96. The first-order chi connectivity index (χ1) is 21.3. The fourth-order valence-electron chi connectivity index (χ4n) is 4.78. The smallest absolute Gasteiger partial charge is 0.475 e. The topological polar surface area (TPSA) is 158 Å². The molecule has 18 heteroatoms. The average Bonchev–Trinajstić information content (AvgIpc) is 3.36. The zero-order chi connectivity index (χ0) is 34.7. The molecule has 0 amide bonds. The van der Waals surface area contributed by atoms with Crippen molar-refractivity contribution in [2.75, 3.05) is 31.5 Å². The van der Waals surface area contributed by atoms with Crippen LogP contribution in [0, 0.1) is 25.7 Å². The number of halogens is 6. The Morgan fingerprint density at radius 2 is 1.43 bits per heavy atom. The van der Waals surface area contributed by atoms with Crippen LogP contribution in [0.4, 0.5) is 31.5 Å². The maximum absolute atomic E-state index is 13.1. The molecule has 2 aromatic rings. The monoisotopic (exact) mass is 704 g/mol. The predicted molar refractivity (Wildman–Crippen MR) is 160 cm³/mol. The van der Waals surface area contributed by atoms with E-state index in [9.17, 15) is 34.8 Å². The maximum Gasteiger partial charge on any atom is 0.490 e. The Hall–Kier alpha value is -2.96. The summed E-state index contributed by atoms with van der Waals surface area (Å²) in [4.78, 5) is 23.9. The van der Waals surface area contributed by atoms with E-state index in [1.165, 1.54) is 32.1 Å². The molecule has 1 aromatic carbocycles. The molecule has 46 heavy (non-hydrogen) atoms. The van der Waals surface area contributed by atoms with Crippen molar-refractivity contribution < 1.29 is 54.6 Å². The van der Waals surface area contributed by atoms with Crippen LogP contribution in [-0.2, 0) is 19.6 Å². The van der Waals surface area contributed by atoms with Crippen LogP contribution in [0.25, 0.3) is 10.4 Å². The summed E-state index contributed by atoms with van der Waals surface area (Å²) in [6.07, 6.45) is -1.51. The number of hydrogen-bond donors (Lipinski definition) is 5. The molecule has 10 nitrogen and oxygen atoms in total. The van der Waals surface area contributed by atoms with Gasteiger partial charge in [0.05, 0.1) is 15.5 Å². The molecule has 0 radical (unpaired) electrons. The Kier molecular flexibility index (Phi) is 14.7. The highest BCUT2D eigenvalue weighted by Gasteiger charge is 2.39. The fraction of sp³-hybridized carbons (Fsp3) is 0.607. The first-order valence-corrected chi connectivity index (χ1v) is 16.7. The molecule has 2 fully saturated rings. The third-order valence-corrected chi connectivity index (χ3v) is 10.0. The van der Waals surface area contributed by atoms with Crippen molar-refractivity contribution in [3.8, 4) is 10.4 Å². The van der Waals surface area contributed by atoms with E-state index in [0.717, 1.165) is 65.2 Å². The molecule has 1 aliphatic carbocycles. The van der Waals surface area contributed by atoms with Gasteiger partial charge in [-0.15, -0.1) is 0 Å². The molecule has 2 heterocycles. The van der Waals surface area contributed by atoms with E-state index in [0.29, 0.717) is 17.4 Å². The minimum atomic E-state index is -5.08. The van der Waals surface area contributed by atoms with Crippen LogP contribution in [0.3, 0.4) is 0 Å². The lowest BCUT2D eigenvalue weighted by molar-refractivity contribution is -0.193. The highest BCUT2D eigenvalue weighted by atomic mass is 32.2. The summed E-state index contributed by atoms with van der Waals surface area (Å²) < 4.78 is 92.5. The number of anilines is 1. The minimum absolute atomic E-state index is 0.369. The van der Waals surface area contributed by atoms with Crippen LogP contribution in [0.15, 0.2) is 23.1 Å². The van der Waals surface area contributed by atoms with Gasteiger partial charge in [-0.25, -0.2) is 27.7 Å². The van der Waals surface area contributed by atoms with Gasteiger partial charge in [-0.05, 0) is 81.6 Å². The summed E-state index contributed by atoms with van der Waals surface area (Å²) in [7, 11) is -3.55. The lowest BCUT2D eigenvalue weighted by Gasteiger charge is -2.23. The molecule has 260 valence electrons. The van der Waals surface area contributed by atoms with Gasteiger partial charge in [0.2, 0.25) is 10.0 Å². The number of carboxylic acids is 2. The molecule has 2 aliphatic rings. The number of nitrogens with zero attached hydrogens (tertiary/aromatic N) is 1. The van der Waals surface area contributed by atoms with Gasteiger partial charge < -0.3 is 20.8 Å². The van der Waals surface area contributed by atoms with Gasteiger partial charge in [-0.1, -0.05) is 42.7 Å². The van der Waals surface area contributed by atoms with E-state index in [4.69, 9.17) is 24.8 Å². The lowest BCUT2D eigenvalue weighted by atomic mass is 9.89. The molecular formula is C28H38F6N4O6S2. The number of nitrogens with one attached hydrogen (secondary N) is 3. The first-order valence-electron chi connectivity index (χ1n) is 14.4. The number of rotatable bonds is 8. The zero-order valence-corrected chi connectivity index (χ0v) is 26.9. The van der Waals surface area contributed by atoms with Crippen molar-refractivity contribution in [3.63, 3.8) is 0 Å². The number of alkyl halides is 6. The third kappa shape index (κ3) is 13.0. The van der Waals surface area contributed by atoms with E-state index >= 15 is 0 Å². The van der Waals surface area contributed by atoms with Crippen LogP contribution in [0.5, 0.6) is 0 Å². The normalized spacial score (nSPS) is 16.4. The molecule has 5 N–H and O–H groups in total. The number of aryl methyl sites for hydroxylation is 2. The molecular weight excluding hydrogens is 666 g/mol. The molecule has 1 saturated carbocycles. The average molecular weight is 705 g/mol. The van der Waals surface area contributed by atoms with Crippen molar-refractivity contribution in [2.24, 2.45) is 11.8 Å². The van der Waals surface area contributed by atoms with Gasteiger partial charge in [-0.2, -0.15) is 26.3 Å². The van der Waals surface area contributed by atoms with E-state index in [1.54, 1.807) is 11.3 Å². The van der Waals surface area contributed by atoms with Crippen molar-refractivity contribution in [3.05, 3.63) is 29.5 Å². The largest absolute Gasteiger partial charge is 0.490 e. The number of carbonyl (C=O) groups is 2. The van der Waals surface area contributed by atoms with Gasteiger partial charge in [0.15, 0.2) is 5.13 Å². The second kappa shape index (κ2) is 17.3. The number of sulfonamides is 1. The van der Waals surface area contributed by atoms with Crippen molar-refractivity contribution >= 4 is 38.4 Å². The molecule has 1 aromatic heterocycles. The van der Waals surface area contributed by atoms with Gasteiger partial charge >= 0.3 is 24.3 Å². The van der Waals surface area contributed by atoms with E-state index in [1.807, 2.05) is 32.0 Å². The van der Waals surface area contributed by atoms with E-state index < -0.39 is 34.3 Å². The highest BCUT2D eigenvalue weighted by molar-refractivity contribution is 7.89. The Bertz CT molecular complexity index is 1380. The zero-order valence-electron chi connectivity index (χ0n) is 25.2. The van der Waals surface area contributed by atoms with Gasteiger partial charge in [-0.3, -0.25) is 0 Å². The summed E-state index contributed by atoms with van der Waals surface area (Å²) >= 11 is 1.62. The van der Waals surface area contributed by atoms with E-state index in [-0.39, 0.29) is 0 Å². The second-order valence-electron chi connectivity index (χ2n) is 10.9. The van der Waals surface area contributed by atoms with Crippen molar-refractivity contribution in [1.29, 1.82) is 0 Å². The molecule has 4 rings (SSSR count).